The third-order valence-corrected chi connectivity index (χ3v) is 5.20. The van der Waals surface area contributed by atoms with E-state index in [4.69, 9.17) is 4.74 Å². The number of nitrogens with one attached hydrogen (secondary N) is 3. The first-order chi connectivity index (χ1) is 15.6. The second kappa shape index (κ2) is 10.1. The molecule has 0 saturated heterocycles. The number of carbonyl (C=O) groups is 1. The van der Waals surface area contributed by atoms with Crippen LogP contribution in [0, 0.1) is 6.92 Å². The van der Waals surface area contributed by atoms with E-state index >= 15 is 0 Å². The van der Waals surface area contributed by atoms with Gasteiger partial charge in [-0.1, -0.05) is 0 Å². The van der Waals surface area contributed by atoms with E-state index in [0.717, 1.165) is 30.9 Å². The minimum atomic E-state index is -0.215. The Balaban J connectivity index is 1.34. The Labute approximate surface area is 187 Å². The van der Waals surface area contributed by atoms with Gasteiger partial charge in [-0.25, -0.2) is 15.0 Å². The van der Waals surface area contributed by atoms with E-state index in [0.29, 0.717) is 28.8 Å². The van der Waals surface area contributed by atoms with Crippen LogP contribution in [-0.2, 0) is 0 Å². The quantitative estimate of drug-likeness (QED) is 0.464. The number of carbonyl (C=O) groups excluding carboxylic acids is 1. The molecule has 1 aliphatic rings. The van der Waals surface area contributed by atoms with Gasteiger partial charge in [-0.2, -0.15) is 0 Å². The predicted molar refractivity (Wildman–Crippen MR) is 126 cm³/mol. The van der Waals surface area contributed by atoms with Crippen LogP contribution in [0.1, 0.15) is 48.8 Å². The minimum Gasteiger partial charge on any atom is -0.474 e. The molecule has 166 valence electrons. The van der Waals surface area contributed by atoms with Gasteiger partial charge in [0.2, 0.25) is 5.88 Å². The van der Waals surface area contributed by atoms with E-state index in [1.165, 1.54) is 12.8 Å². The number of hydrogen-bond donors (Lipinski definition) is 3. The van der Waals surface area contributed by atoms with Crippen LogP contribution in [0.5, 0.6) is 5.88 Å². The highest BCUT2D eigenvalue weighted by molar-refractivity contribution is 6.04. The van der Waals surface area contributed by atoms with Crippen molar-refractivity contribution >= 4 is 28.9 Å². The van der Waals surface area contributed by atoms with Crippen molar-refractivity contribution in [1.82, 2.24) is 15.0 Å². The molecular weight excluding hydrogens is 404 g/mol. The molecule has 1 aromatic carbocycles. The highest BCUT2D eigenvalue weighted by Gasteiger charge is 2.17. The van der Waals surface area contributed by atoms with E-state index in [1.54, 1.807) is 18.3 Å². The van der Waals surface area contributed by atoms with Crippen molar-refractivity contribution in [1.29, 1.82) is 0 Å². The highest BCUT2D eigenvalue weighted by atomic mass is 16.5. The van der Waals surface area contributed by atoms with Crippen LogP contribution in [0.25, 0.3) is 0 Å². The summed E-state index contributed by atoms with van der Waals surface area (Å²) in [5, 5.41) is 9.35. The van der Waals surface area contributed by atoms with Gasteiger partial charge in [-0.3, -0.25) is 4.79 Å². The Kier molecular flexibility index (Phi) is 6.79. The highest BCUT2D eigenvalue weighted by Crippen LogP contribution is 2.23. The van der Waals surface area contributed by atoms with Gasteiger partial charge in [0, 0.05) is 36.2 Å². The summed E-state index contributed by atoms with van der Waals surface area (Å²) in [5.74, 6) is 2.52. The fourth-order valence-corrected chi connectivity index (χ4v) is 3.65. The van der Waals surface area contributed by atoms with Crippen LogP contribution in [-0.4, -0.2) is 33.5 Å². The summed E-state index contributed by atoms with van der Waals surface area (Å²) < 4.78 is 5.86. The van der Waals surface area contributed by atoms with Gasteiger partial charge in [0.1, 0.15) is 23.6 Å². The van der Waals surface area contributed by atoms with Gasteiger partial charge in [-0.05, 0) is 69.9 Å². The first-order valence-corrected chi connectivity index (χ1v) is 11.0. The van der Waals surface area contributed by atoms with Gasteiger partial charge < -0.3 is 20.7 Å². The van der Waals surface area contributed by atoms with E-state index in [9.17, 15) is 4.79 Å². The molecule has 0 aliphatic heterocycles. The maximum absolute atomic E-state index is 12.6. The molecule has 4 rings (SSSR count). The molecule has 0 radical (unpaired) electrons. The summed E-state index contributed by atoms with van der Waals surface area (Å²) in [6.07, 6.45) is 6.35. The summed E-state index contributed by atoms with van der Waals surface area (Å²) in [6, 6.07) is 12.8. The van der Waals surface area contributed by atoms with Gasteiger partial charge in [0.15, 0.2) is 0 Å². The van der Waals surface area contributed by atoms with Crippen molar-refractivity contribution in [3.8, 4) is 5.88 Å². The maximum atomic E-state index is 12.6. The smallest absolute Gasteiger partial charge is 0.257 e. The molecule has 1 fully saturated rings. The number of ether oxygens (including phenoxy) is 1. The van der Waals surface area contributed by atoms with Gasteiger partial charge in [0.05, 0.1) is 5.56 Å². The Morgan fingerprint density at radius 1 is 1.03 bits per heavy atom. The molecular formula is C24H28N6O2. The standard InChI is InChI=1S/C24H28N6O2/c1-3-25-21-14-22(28-16(2)27-21)29-18-9-11-19(12-10-18)30-24(31)17-8-13-23(26-15-17)32-20-6-4-5-7-20/h8-15,20H,3-7H2,1-2H3,(H,30,31)(H2,25,27,28,29). The number of anilines is 4. The molecule has 0 spiro atoms. The molecule has 0 unspecified atom stereocenters. The normalized spacial score (nSPS) is 13.6. The zero-order valence-corrected chi connectivity index (χ0v) is 18.4. The van der Waals surface area contributed by atoms with Gasteiger partial charge in [-0.15, -0.1) is 0 Å². The van der Waals surface area contributed by atoms with Crippen molar-refractivity contribution in [3.63, 3.8) is 0 Å². The number of hydrogen-bond acceptors (Lipinski definition) is 7. The molecule has 2 aromatic heterocycles. The first-order valence-electron chi connectivity index (χ1n) is 11.0. The predicted octanol–water partition coefficient (Wildman–Crippen LogP) is 4.93. The van der Waals surface area contributed by atoms with Crippen LogP contribution in [0.2, 0.25) is 0 Å². The lowest BCUT2D eigenvalue weighted by Gasteiger charge is -2.12. The molecule has 3 N–H and O–H groups in total. The Bertz CT molecular complexity index is 1050. The summed E-state index contributed by atoms with van der Waals surface area (Å²) in [4.78, 5) is 25.6. The Hall–Kier alpha value is -3.68. The molecule has 32 heavy (non-hydrogen) atoms. The molecule has 1 aliphatic carbocycles. The van der Waals surface area contributed by atoms with Crippen LogP contribution in [0.15, 0.2) is 48.7 Å². The number of rotatable bonds is 8. The summed E-state index contributed by atoms with van der Waals surface area (Å²) in [5.41, 5.74) is 2.04. The Morgan fingerprint density at radius 2 is 1.75 bits per heavy atom. The maximum Gasteiger partial charge on any atom is 0.257 e. The topological polar surface area (TPSA) is 101 Å². The molecule has 3 aromatic rings. The van der Waals surface area contributed by atoms with Crippen molar-refractivity contribution in [2.75, 3.05) is 22.5 Å². The molecule has 8 heteroatoms. The lowest BCUT2D eigenvalue weighted by molar-refractivity contribution is 0.102. The lowest BCUT2D eigenvalue weighted by Crippen LogP contribution is -2.14. The first kappa shape index (κ1) is 21.5. The largest absolute Gasteiger partial charge is 0.474 e. The van der Waals surface area contributed by atoms with E-state index in [1.807, 2.05) is 44.2 Å². The van der Waals surface area contributed by atoms with Crippen molar-refractivity contribution in [2.24, 2.45) is 0 Å². The van der Waals surface area contributed by atoms with E-state index in [-0.39, 0.29) is 12.0 Å². The Morgan fingerprint density at radius 3 is 2.44 bits per heavy atom. The monoisotopic (exact) mass is 432 g/mol. The van der Waals surface area contributed by atoms with Crippen LogP contribution in [0.3, 0.4) is 0 Å². The van der Waals surface area contributed by atoms with E-state index in [2.05, 4.69) is 30.9 Å². The van der Waals surface area contributed by atoms with Crippen molar-refractivity contribution in [2.45, 2.75) is 45.6 Å². The number of aryl methyl sites for hydroxylation is 1. The summed E-state index contributed by atoms with van der Waals surface area (Å²) >= 11 is 0. The molecule has 8 nitrogen and oxygen atoms in total. The average molecular weight is 433 g/mol. The number of nitrogens with zero attached hydrogens (tertiary/aromatic N) is 3. The third-order valence-electron chi connectivity index (χ3n) is 5.20. The van der Waals surface area contributed by atoms with Crippen LogP contribution < -0.4 is 20.7 Å². The zero-order chi connectivity index (χ0) is 22.3. The average Bonchev–Trinajstić information content (AvgIpc) is 3.28. The third kappa shape index (κ3) is 5.72. The molecule has 0 atom stereocenters. The fourth-order valence-electron chi connectivity index (χ4n) is 3.65. The lowest BCUT2D eigenvalue weighted by atomic mass is 10.2. The van der Waals surface area contributed by atoms with Crippen molar-refractivity contribution in [3.05, 3.63) is 60.0 Å². The number of aromatic nitrogens is 3. The molecule has 1 amide bonds. The van der Waals surface area contributed by atoms with Crippen LogP contribution in [0.4, 0.5) is 23.0 Å². The summed E-state index contributed by atoms with van der Waals surface area (Å²) in [7, 11) is 0. The molecule has 2 heterocycles. The van der Waals surface area contributed by atoms with Gasteiger partial charge >= 0.3 is 0 Å². The molecule has 1 saturated carbocycles. The van der Waals surface area contributed by atoms with Crippen molar-refractivity contribution < 1.29 is 9.53 Å². The minimum absolute atomic E-state index is 0.215. The van der Waals surface area contributed by atoms with Crippen LogP contribution >= 0.6 is 0 Å². The number of amides is 1. The second-order valence-electron chi connectivity index (χ2n) is 7.78. The fraction of sp³-hybridized carbons (Fsp3) is 0.333. The number of pyridine rings is 1. The SMILES string of the molecule is CCNc1cc(Nc2ccc(NC(=O)c3ccc(OC4CCCC4)nc3)cc2)nc(C)n1. The van der Waals surface area contributed by atoms with E-state index < -0.39 is 0 Å². The number of benzene rings is 1. The second-order valence-corrected chi connectivity index (χ2v) is 7.78. The molecule has 0 bridgehead atoms. The zero-order valence-electron chi connectivity index (χ0n) is 18.4. The van der Waals surface area contributed by atoms with Gasteiger partial charge in [0.25, 0.3) is 5.91 Å². The summed E-state index contributed by atoms with van der Waals surface area (Å²) in [6.45, 7) is 4.66.